The van der Waals surface area contributed by atoms with Crippen LogP contribution in [0.1, 0.15) is 21.8 Å². The van der Waals surface area contributed by atoms with Crippen LogP contribution in [-0.4, -0.2) is 16.2 Å². The van der Waals surface area contributed by atoms with Crippen molar-refractivity contribution in [1.29, 1.82) is 0 Å². The second-order valence-corrected chi connectivity index (χ2v) is 3.89. The van der Waals surface area contributed by atoms with E-state index in [-0.39, 0.29) is 5.56 Å². The number of nitrogen functional groups attached to an aromatic ring is 1. The molecule has 18 heavy (non-hydrogen) atoms. The second kappa shape index (κ2) is 4.79. The van der Waals surface area contributed by atoms with Crippen LogP contribution in [0.4, 0.5) is 11.4 Å². The predicted molar refractivity (Wildman–Crippen MR) is 66.4 cm³/mol. The largest absolute Gasteiger partial charge is 0.478 e. The number of aryl methyl sites for hydroxylation is 1. The number of carboxylic acids is 1. The number of nitrogens with zero attached hydrogens (tertiary/aromatic N) is 1. The van der Waals surface area contributed by atoms with Crippen molar-refractivity contribution in [3.63, 3.8) is 0 Å². The lowest BCUT2D eigenvalue weighted by Gasteiger charge is -2.08. The molecule has 1 heterocycles. The Labute approximate surface area is 103 Å². The first-order valence-electron chi connectivity index (χ1n) is 5.35. The lowest BCUT2D eigenvalue weighted by molar-refractivity contribution is 0.0697. The molecule has 0 aliphatic carbocycles. The summed E-state index contributed by atoms with van der Waals surface area (Å²) in [5, 5.41) is 15.7. The lowest BCUT2D eigenvalue weighted by atomic mass is 10.1. The summed E-state index contributed by atoms with van der Waals surface area (Å²) in [7, 11) is 0. The fourth-order valence-electron chi connectivity index (χ4n) is 1.54. The second-order valence-electron chi connectivity index (χ2n) is 3.89. The van der Waals surface area contributed by atoms with E-state index in [1.165, 1.54) is 12.1 Å². The Hall–Kier alpha value is -2.50. The van der Waals surface area contributed by atoms with E-state index in [1.54, 1.807) is 6.07 Å². The topological polar surface area (TPSA) is 101 Å². The number of nitrogens with one attached hydrogen (secondary N) is 1. The van der Waals surface area contributed by atoms with Crippen LogP contribution in [0.15, 0.2) is 28.8 Å². The third-order valence-corrected chi connectivity index (χ3v) is 2.44. The van der Waals surface area contributed by atoms with Gasteiger partial charge in [-0.2, -0.15) is 0 Å². The highest BCUT2D eigenvalue weighted by Crippen LogP contribution is 2.20. The molecule has 0 saturated heterocycles. The first kappa shape index (κ1) is 12.0. The molecule has 0 aliphatic heterocycles. The van der Waals surface area contributed by atoms with Crippen molar-refractivity contribution in [2.75, 3.05) is 11.1 Å². The molecule has 1 aromatic carbocycles. The van der Waals surface area contributed by atoms with Gasteiger partial charge in [-0.1, -0.05) is 5.16 Å². The summed E-state index contributed by atoms with van der Waals surface area (Å²) in [6, 6.07) is 6.36. The Bertz CT molecular complexity index is 578. The number of anilines is 2. The van der Waals surface area contributed by atoms with Crippen LogP contribution < -0.4 is 11.1 Å². The summed E-state index contributed by atoms with van der Waals surface area (Å²) >= 11 is 0. The highest BCUT2D eigenvalue weighted by molar-refractivity contribution is 5.90. The molecular weight excluding hydrogens is 234 g/mol. The van der Waals surface area contributed by atoms with Gasteiger partial charge in [-0.05, 0) is 25.1 Å². The number of aromatic nitrogens is 1. The molecule has 0 amide bonds. The molecule has 0 aliphatic rings. The van der Waals surface area contributed by atoms with Gasteiger partial charge in [0.25, 0.3) is 0 Å². The minimum Gasteiger partial charge on any atom is -0.478 e. The molecule has 0 spiro atoms. The van der Waals surface area contributed by atoms with E-state index in [1.807, 2.05) is 13.0 Å². The Balaban J connectivity index is 2.08. The highest BCUT2D eigenvalue weighted by Gasteiger charge is 2.07. The van der Waals surface area contributed by atoms with Gasteiger partial charge in [0.15, 0.2) is 0 Å². The average Bonchev–Trinajstić information content (AvgIpc) is 2.73. The summed E-state index contributed by atoms with van der Waals surface area (Å²) < 4.78 is 4.93. The van der Waals surface area contributed by atoms with Crippen molar-refractivity contribution in [2.45, 2.75) is 13.5 Å². The molecule has 6 heteroatoms. The lowest BCUT2D eigenvalue weighted by Crippen LogP contribution is -2.04. The molecule has 2 aromatic rings. The van der Waals surface area contributed by atoms with Gasteiger partial charge in [-0.3, -0.25) is 0 Å². The number of aromatic carboxylic acids is 1. The molecule has 0 unspecified atom stereocenters. The van der Waals surface area contributed by atoms with Gasteiger partial charge in [0.05, 0.1) is 23.5 Å². The van der Waals surface area contributed by atoms with E-state index in [9.17, 15) is 4.79 Å². The number of rotatable bonds is 4. The summed E-state index contributed by atoms with van der Waals surface area (Å²) in [6.07, 6.45) is 0. The first-order valence-corrected chi connectivity index (χ1v) is 5.35. The minimum atomic E-state index is -1.000. The molecule has 0 atom stereocenters. The average molecular weight is 247 g/mol. The van der Waals surface area contributed by atoms with E-state index < -0.39 is 5.97 Å². The highest BCUT2D eigenvalue weighted by atomic mass is 16.5. The van der Waals surface area contributed by atoms with Gasteiger partial charge in [-0.15, -0.1) is 0 Å². The third kappa shape index (κ3) is 2.60. The van der Waals surface area contributed by atoms with E-state index in [0.29, 0.717) is 17.9 Å². The van der Waals surface area contributed by atoms with Gasteiger partial charge in [0.2, 0.25) is 0 Å². The number of hydrogen-bond acceptors (Lipinski definition) is 5. The van der Waals surface area contributed by atoms with Crippen LogP contribution >= 0.6 is 0 Å². The van der Waals surface area contributed by atoms with Crippen LogP contribution in [-0.2, 0) is 6.54 Å². The Kier molecular flexibility index (Phi) is 3.18. The van der Waals surface area contributed by atoms with Gasteiger partial charge in [-0.25, -0.2) is 4.79 Å². The SMILES string of the molecule is Cc1cc(CNc2ccc(C(=O)O)cc2N)no1. The van der Waals surface area contributed by atoms with Gasteiger partial charge in [0.1, 0.15) is 11.5 Å². The number of benzene rings is 1. The quantitative estimate of drug-likeness (QED) is 0.713. The zero-order chi connectivity index (χ0) is 13.1. The summed E-state index contributed by atoms with van der Waals surface area (Å²) in [4.78, 5) is 10.7. The molecule has 2 rings (SSSR count). The summed E-state index contributed by atoms with van der Waals surface area (Å²) in [5.41, 5.74) is 7.73. The fourth-order valence-corrected chi connectivity index (χ4v) is 1.54. The minimum absolute atomic E-state index is 0.162. The molecule has 0 fully saturated rings. The van der Waals surface area contributed by atoms with E-state index in [2.05, 4.69) is 10.5 Å². The van der Waals surface area contributed by atoms with Crippen molar-refractivity contribution < 1.29 is 14.4 Å². The standard InChI is InChI=1S/C12H13N3O3/c1-7-4-9(15-18-7)6-14-11-3-2-8(12(16)17)5-10(11)13/h2-5,14H,6,13H2,1H3,(H,16,17). The van der Waals surface area contributed by atoms with Gasteiger partial charge >= 0.3 is 5.97 Å². The first-order chi connectivity index (χ1) is 8.56. The molecule has 94 valence electrons. The van der Waals surface area contributed by atoms with Crippen LogP contribution in [0.3, 0.4) is 0 Å². The number of hydrogen-bond donors (Lipinski definition) is 3. The van der Waals surface area contributed by atoms with E-state index >= 15 is 0 Å². The molecule has 0 saturated carbocycles. The molecular formula is C12H13N3O3. The van der Waals surface area contributed by atoms with Gasteiger partial charge in [0, 0.05) is 6.07 Å². The van der Waals surface area contributed by atoms with Crippen LogP contribution in [0.25, 0.3) is 0 Å². The molecule has 1 aromatic heterocycles. The van der Waals surface area contributed by atoms with Crippen LogP contribution in [0.2, 0.25) is 0 Å². The van der Waals surface area contributed by atoms with E-state index in [4.69, 9.17) is 15.4 Å². The number of carbonyl (C=O) groups is 1. The zero-order valence-corrected chi connectivity index (χ0v) is 9.80. The van der Waals surface area contributed by atoms with Crippen molar-refractivity contribution in [2.24, 2.45) is 0 Å². The Morgan fingerprint density at radius 3 is 2.83 bits per heavy atom. The Morgan fingerprint density at radius 1 is 1.50 bits per heavy atom. The third-order valence-electron chi connectivity index (χ3n) is 2.44. The van der Waals surface area contributed by atoms with E-state index in [0.717, 1.165) is 11.5 Å². The molecule has 6 nitrogen and oxygen atoms in total. The maximum atomic E-state index is 10.7. The van der Waals surface area contributed by atoms with Crippen LogP contribution in [0, 0.1) is 6.92 Å². The number of nitrogens with two attached hydrogens (primary N) is 1. The van der Waals surface area contributed by atoms with Crippen molar-refractivity contribution >= 4 is 17.3 Å². The molecule has 0 radical (unpaired) electrons. The maximum absolute atomic E-state index is 10.7. The summed E-state index contributed by atoms with van der Waals surface area (Å²) in [6.45, 7) is 2.28. The fraction of sp³-hybridized carbons (Fsp3) is 0.167. The molecule has 4 N–H and O–H groups in total. The maximum Gasteiger partial charge on any atom is 0.335 e. The summed E-state index contributed by atoms with van der Waals surface area (Å²) in [5.74, 6) is -0.263. The normalized spacial score (nSPS) is 10.3. The van der Waals surface area contributed by atoms with Gasteiger partial charge < -0.3 is 20.7 Å². The predicted octanol–water partition coefficient (Wildman–Crippen LogP) is 1.88. The Morgan fingerprint density at radius 2 is 2.28 bits per heavy atom. The molecule has 0 bridgehead atoms. The van der Waals surface area contributed by atoms with Crippen molar-refractivity contribution in [3.05, 3.63) is 41.3 Å². The van der Waals surface area contributed by atoms with Crippen LogP contribution in [0.5, 0.6) is 0 Å². The van der Waals surface area contributed by atoms with Crippen molar-refractivity contribution in [1.82, 2.24) is 5.16 Å². The number of carboxylic acid groups (broad SMARTS) is 1. The zero-order valence-electron chi connectivity index (χ0n) is 9.80. The smallest absolute Gasteiger partial charge is 0.335 e. The van der Waals surface area contributed by atoms with Crippen molar-refractivity contribution in [3.8, 4) is 0 Å². The monoisotopic (exact) mass is 247 g/mol.